The van der Waals surface area contributed by atoms with Crippen molar-refractivity contribution in [2.75, 3.05) is 10.6 Å². The number of hydrogen-bond acceptors (Lipinski definition) is 7. The number of para-hydroxylation sites is 1. The number of rotatable bonds is 5. The molecule has 0 bridgehead atoms. The van der Waals surface area contributed by atoms with Gasteiger partial charge in [-0.25, -0.2) is 4.98 Å². The quantitative estimate of drug-likeness (QED) is 0.449. The van der Waals surface area contributed by atoms with Gasteiger partial charge in [0.2, 0.25) is 11.8 Å². The largest absolute Gasteiger partial charge is 0.324 e. The predicted octanol–water partition coefficient (Wildman–Crippen LogP) is 4.41. The minimum absolute atomic E-state index is 0.00108. The third kappa shape index (κ3) is 4.05. The third-order valence-electron chi connectivity index (χ3n) is 4.63. The van der Waals surface area contributed by atoms with Crippen molar-refractivity contribution in [3.63, 3.8) is 0 Å². The highest BCUT2D eigenvalue weighted by Gasteiger charge is 2.35. The second-order valence-corrected chi connectivity index (χ2v) is 8.69. The number of non-ortho nitro benzene ring substituents is 1. The van der Waals surface area contributed by atoms with Gasteiger partial charge in [0.25, 0.3) is 5.69 Å². The molecule has 2 aromatic carbocycles. The lowest BCUT2D eigenvalue weighted by atomic mass is 10.1. The number of aromatic nitrogens is 1. The van der Waals surface area contributed by atoms with Crippen LogP contribution in [0.15, 0.2) is 58.8 Å². The normalized spacial score (nSPS) is 16.3. The molecule has 152 valence electrons. The van der Waals surface area contributed by atoms with E-state index in [1.54, 1.807) is 24.4 Å². The number of fused-ring (bicyclic) bond motifs is 1. The topological polar surface area (TPSA) is 114 Å². The molecule has 2 N–H and O–H groups in total. The van der Waals surface area contributed by atoms with Crippen molar-refractivity contribution in [2.45, 2.75) is 17.1 Å². The van der Waals surface area contributed by atoms with E-state index in [1.165, 1.54) is 35.2 Å². The zero-order chi connectivity index (χ0) is 21.3. The molecule has 1 aromatic heterocycles. The smallest absolute Gasteiger partial charge is 0.269 e. The molecule has 0 aliphatic carbocycles. The van der Waals surface area contributed by atoms with Gasteiger partial charge in [-0.1, -0.05) is 19.1 Å². The van der Waals surface area contributed by atoms with Gasteiger partial charge in [0.05, 0.1) is 27.5 Å². The third-order valence-corrected chi connectivity index (χ3v) is 6.88. The molecule has 0 spiro atoms. The van der Waals surface area contributed by atoms with E-state index in [0.717, 1.165) is 10.6 Å². The number of thiazole rings is 1. The first-order valence-corrected chi connectivity index (χ1v) is 10.8. The van der Waals surface area contributed by atoms with Crippen LogP contribution in [0.2, 0.25) is 0 Å². The number of nitrogens with one attached hydrogen (secondary N) is 2. The minimum atomic E-state index is -0.574. The van der Waals surface area contributed by atoms with Crippen LogP contribution in [0.5, 0.6) is 0 Å². The Kier molecular flexibility index (Phi) is 5.51. The summed E-state index contributed by atoms with van der Waals surface area (Å²) < 4.78 is 0. The summed E-state index contributed by atoms with van der Waals surface area (Å²) >= 11 is 2.63. The van der Waals surface area contributed by atoms with Crippen molar-refractivity contribution in [3.8, 4) is 11.3 Å². The Morgan fingerprint density at radius 1 is 1.23 bits per heavy atom. The molecule has 0 saturated heterocycles. The summed E-state index contributed by atoms with van der Waals surface area (Å²) in [6.07, 6.45) is 0. The van der Waals surface area contributed by atoms with E-state index >= 15 is 0 Å². The number of carbonyl (C=O) groups is 2. The van der Waals surface area contributed by atoms with Crippen LogP contribution in [0.4, 0.5) is 16.5 Å². The first-order chi connectivity index (χ1) is 14.4. The molecule has 0 fully saturated rings. The Balaban J connectivity index is 1.44. The van der Waals surface area contributed by atoms with Crippen LogP contribution < -0.4 is 10.6 Å². The van der Waals surface area contributed by atoms with Crippen LogP contribution in [0.3, 0.4) is 0 Å². The highest BCUT2D eigenvalue weighted by Crippen LogP contribution is 2.38. The molecule has 10 heteroatoms. The van der Waals surface area contributed by atoms with Gasteiger partial charge < -0.3 is 10.6 Å². The van der Waals surface area contributed by atoms with Gasteiger partial charge in [-0.15, -0.1) is 23.1 Å². The standard InChI is InChI=1S/C20H16N4O4S2/c1-11(17-19(26)21-14-4-2-3-5-16(14)30-17)18(25)23-20-22-15(10-29-20)12-6-8-13(9-7-12)24(27)28/h2-11,17H,1H3,(H,21,26)(H,22,23,25). The monoisotopic (exact) mass is 440 g/mol. The number of hydrogen-bond donors (Lipinski definition) is 2. The van der Waals surface area contributed by atoms with Crippen LogP contribution >= 0.6 is 23.1 Å². The molecular formula is C20H16N4O4S2. The second kappa shape index (κ2) is 8.25. The van der Waals surface area contributed by atoms with Gasteiger partial charge in [-0.05, 0) is 24.3 Å². The van der Waals surface area contributed by atoms with Crippen LogP contribution in [0.1, 0.15) is 6.92 Å². The van der Waals surface area contributed by atoms with Crippen molar-refractivity contribution in [1.82, 2.24) is 4.98 Å². The molecule has 0 saturated carbocycles. The fraction of sp³-hybridized carbons (Fsp3) is 0.150. The first kappa shape index (κ1) is 20.0. The Morgan fingerprint density at radius 2 is 1.97 bits per heavy atom. The minimum Gasteiger partial charge on any atom is -0.324 e. The molecule has 1 aliphatic rings. The first-order valence-electron chi connectivity index (χ1n) is 9.00. The maximum atomic E-state index is 12.7. The van der Waals surface area contributed by atoms with E-state index in [9.17, 15) is 19.7 Å². The fourth-order valence-corrected chi connectivity index (χ4v) is 4.86. The SMILES string of the molecule is CC(C(=O)Nc1nc(-c2ccc([N+](=O)[O-])cc2)cs1)C1Sc2ccccc2NC1=O. The molecule has 8 nitrogen and oxygen atoms in total. The molecule has 0 radical (unpaired) electrons. The summed E-state index contributed by atoms with van der Waals surface area (Å²) in [7, 11) is 0. The molecule has 4 rings (SSSR count). The zero-order valence-electron chi connectivity index (χ0n) is 15.7. The highest BCUT2D eigenvalue weighted by atomic mass is 32.2. The van der Waals surface area contributed by atoms with E-state index in [2.05, 4.69) is 15.6 Å². The van der Waals surface area contributed by atoms with Crippen molar-refractivity contribution in [3.05, 3.63) is 64.0 Å². The Bertz CT molecular complexity index is 1130. The number of nitrogens with zero attached hydrogens (tertiary/aromatic N) is 2. The molecular weight excluding hydrogens is 424 g/mol. The highest BCUT2D eigenvalue weighted by molar-refractivity contribution is 8.01. The van der Waals surface area contributed by atoms with Gasteiger partial charge in [0.1, 0.15) is 0 Å². The Hall–Kier alpha value is -3.24. The molecule has 2 heterocycles. The summed E-state index contributed by atoms with van der Waals surface area (Å²) in [4.78, 5) is 40.8. The van der Waals surface area contributed by atoms with Gasteiger partial charge in [0.15, 0.2) is 5.13 Å². The van der Waals surface area contributed by atoms with E-state index in [0.29, 0.717) is 16.4 Å². The van der Waals surface area contributed by atoms with Gasteiger partial charge in [-0.3, -0.25) is 19.7 Å². The van der Waals surface area contributed by atoms with Crippen LogP contribution in [0, 0.1) is 16.0 Å². The van der Waals surface area contributed by atoms with Crippen molar-refractivity contribution >= 4 is 51.4 Å². The number of nitro benzene ring substituents is 1. The average molecular weight is 441 g/mol. The second-order valence-electron chi connectivity index (χ2n) is 6.64. The van der Waals surface area contributed by atoms with Crippen LogP contribution in [0.25, 0.3) is 11.3 Å². The van der Waals surface area contributed by atoms with E-state index in [-0.39, 0.29) is 17.5 Å². The predicted molar refractivity (Wildman–Crippen MR) is 117 cm³/mol. The molecule has 2 unspecified atom stereocenters. The zero-order valence-corrected chi connectivity index (χ0v) is 17.3. The summed E-state index contributed by atoms with van der Waals surface area (Å²) in [6.45, 7) is 1.71. The maximum Gasteiger partial charge on any atom is 0.269 e. The van der Waals surface area contributed by atoms with E-state index < -0.39 is 16.1 Å². The number of amides is 2. The lowest BCUT2D eigenvalue weighted by Gasteiger charge is -2.27. The average Bonchev–Trinajstić information content (AvgIpc) is 3.21. The van der Waals surface area contributed by atoms with Crippen LogP contribution in [-0.2, 0) is 9.59 Å². The lowest BCUT2D eigenvalue weighted by Crippen LogP contribution is -2.39. The fourth-order valence-electron chi connectivity index (χ4n) is 2.97. The van der Waals surface area contributed by atoms with Crippen molar-refractivity contribution in [2.24, 2.45) is 5.92 Å². The van der Waals surface area contributed by atoms with Crippen molar-refractivity contribution < 1.29 is 14.5 Å². The van der Waals surface area contributed by atoms with Gasteiger partial charge >= 0.3 is 0 Å². The molecule has 2 atom stereocenters. The molecule has 3 aromatic rings. The number of benzene rings is 2. The summed E-state index contributed by atoms with van der Waals surface area (Å²) in [6, 6.07) is 13.5. The lowest BCUT2D eigenvalue weighted by molar-refractivity contribution is -0.384. The Labute approximate surface area is 179 Å². The summed E-state index contributed by atoms with van der Waals surface area (Å²) in [5.74, 6) is -1.08. The summed E-state index contributed by atoms with van der Waals surface area (Å²) in [5.41, 5.74) is 2.07. The molecule has 2 amide bonds. The molecule has 1 aliphatic heterocycles. The number of carbonyl (C=O) groups excluding carboxylic acids is 2. The van der Waals surface area contributed by atoms with Crippen molar-refractivity contribution in [1.29, 1.82) is 0 Å². The van der Waals surface area contributed by atoms with Gasteiger partial charge in [-0.2, -0.15) is 0 Å². The Morgan fingerprint density at radius 3 is 2.70 bits per heavy atom. The van der Waals surface area contributed by atoms with E-state index in [4.69, 9.17) is 0 Å². The van der Waals surface area contributed by atoms with E-state index in [1.807, 2.05) is 24.3 Å². The maximum absolute atomic E-state index is 12.7. The number of nitro groups is 1. The van der Waals surface area contributed by atoms with Crippen LogP contribution in [-0.4, -0.2) is 27.0 Å². The van der Waals surface area contributed by atoms with Gasteiger partial charge in [0, 0.05) is 28.0 Å². The summed E-state index contributed by atoms with van der Waals surface area (Å²) in [5, 5.41) is 18.0. The number of anilines is 2. The molecule has 30 heavy (non-hydrogen) atoms. The number of thioether (sulfide) groups is 1.